The smallest absolute Gasteiger partial charge is 0.239 e. The Morgan fingerprint density at radius 1 is 0.906 bits per heavy atom. The number of piperidine rings is 2. The molecular formula is C27H43N3O2. The third kappa shape index (κ3) is 6.48. The van der Waals surface area contributed by atoms with Gasteiger partial charge in [0.1, 0.15) is 5.75 Å². The number of carbonyl (C=O) groups is 1. The number of rotatable bonds is 6. The van der Waals surface area contributed by atoms with Crippen LogP contribution >= 0.6 is 0 Å². The van der Waals surface area contributed by atoms with Crippen molar-refractivity contribution in [2.75, 3.05) is 52.9 Å². The molecule has 0 saturated carbocycles. The van der Waals surface area contributed by atoms with Gasteiger partial charge in [-0.1, -0.05) is 18.9 Å². The molecule has 32 heavy (non-hydrogen) atoms. The highest BCUT2D eigenvalue weighted by Crippen LogP contribution is 2.24. The van der Waals surface area contributed by atoms with Gasteiger partial charge in [-0.2, -0.15) is 0 Å². The summed E-state index contributed by atoms with van der Waals surface area (Å²) >= 11 is 0. The zero-order valence-corrected chi connectivity index (χ0v) is 20.2. The van der Waals surface area contributed by atoms with E-state index in [0.29, 0.717) is 5.91 Å². The molecule has 0 spiro atoms. The van der Waals surface area contributed by atoms with E-state index in [9.17, 15) is 4.79 Å². The predicted molar refractivity (Wildman–Crippen MR) is 130 cm³/mol. The number of aryl methyl sites for hydroxylation is 1. The monoisotopic (exact) mass is 441 g/mol. The third-order valence-electron chi connectivity index (χ3n) is 7.66. The van der Waals surface area contributed by atoms with Crippen molar-refractivity contribution in [1.29, 1.82) is 0 Å². The molecule has 0 radical (unpaired) electrons. The van der Waals surface area contributed by atoms with Gasteiger partial charge in [0.05, 0.1) is 12.6 Å². The van der Waals surface area contributed by atoms with Crippen molar-refractivity contribution < 1.29 is 9.53 Å². The number of carbonyl (C=O) groups excluding carboxylic acids is 1. The fourth-order valence-electron chi connectivity index (χ4n) is 5.63. The molecule has 2 saturated heterocycles. The van der Waals surface area contributed by atoms with Gasteiger partial charge in [-0.05, 0) is 108 Å². The van der Waals surface area contributed by atoms with E-state index in [4.69, 9.17) is 4.74 Å². The van der Waals surface area contributed by atoms with Gasteiger partial charge in [0.2, 0.25) is 5.91 Å². The molecule has 3 aliphatic heterocycles. The quantitative estimate of drug-likeness (QED) is 0.622. The maximum Gasteiger partial charge on any atom is 0.239 e. The molecule has 1 atom stereocenters. The van der Waals surface area contributed by atoms with Gasteiger partial charge in [-0.15, -0.1) is 0 Å². The summed E-state index contributed by atoms with van der Waals surface area (Å²) in [4.78, 5) is 20.2. The van der Waals surface area contributed by atoms with Crippen molar-refractivity contribution >= 4 is 5.91 Å². The van der Waals surface area contributed by atoms with Gasteiger partial charge in [0.15, 0.2) is 0 Å². The van der Waals surface area contributed by atoms with Gasteiger partial charge in [0, 0.05) is 19.6 Å². The van der Waals surface area contributed by atoms with Crippen LogP contribution in [0.4, 0.5) is 0 Å². The second kappa shape index (κ2) is 12.0. The Morgan fingerprint density at radius 2 is 1.72 bits per heavy atom. The van der Waals surface area contributed by atoms with E-state index in [1.807, 2.05) is 0 Å². The van der Waals surface area contributed by atoms with Gasteiger partial charge >= 0.3 is 0 Å². The average Bonchev–Trinajstić information content (AvgIpc) is 2.93. The maximum atomic E-state index is 13.2. The lowest BCUT2D eigenvalue weighted by atomic mass is 9.99. The number of likely N-dealkylation sites (N-methyl/N-ethyl adjacent to an activating group) is 1. The fourth-order valence-corrected chi connectivity index (χ4v) is 5.63. The Balaban J connectivity index is 1.29. The van der Waals surface area contributed by atoms with E-state index in [1.54, 1.807) is 0 Å². The first kappa shape index (κ1) is 23.6. The Hall–Kier alpha value is -1.59. The fraction of sp³-hybridized carbons (Fsp3) is 0.741. The highest BCUT2D eigenvalue weighted by atomic mass is 16.5. The van der Waals surface area contributed by atoms with Crippen molar-refractivity contribution in [3.63, 3.8) is 0 Å². The number of ether oxygens (including phenoxy) is 1. The van der Waals surface area contributed by atoms with Crippen molar-refractivity contribution in [2.24, 2.45) is 0 Å². The third-order valence-corrected chi connectivity index (χ3v) is 7.66. The molecule has 1 amide bonds. The van der Waals surface area contributed by atoms with E-state index < -0.39 is 0 Å². The molecule has 178 valence electrons. The van der Waals surface area contributed by atoms with E-state index in [-0.39, 0.29) is 6.04 Å². The van der Waals surface area contributed by atoms with Crippen LogP contribution in [-0.2, 0) is 17.6 Å². The van der Waals surface area contributed by atoms with Crippen LogP contribution in [0.5, 0.6) is 5.75 Å². The van der Waals surface area contributed by atoms with Crippen molar-refractivity contribution in [1.82, 2.24) is 14.7 Å². The Kier molecular flexibility index (Phi) is 8.86. The molecule has 1 aromatic carbocycles. The molecule has 1 unspecified atom stereocenters. The highest BCUT2D eigenvalue weighted by Gasteiger charge is 2.29. The van der Waals surface area contributed by atoms with Gasteiger partial charge in [0.25, 0.3) is 0 Å². The van der Waals surface area contributed by atoms with Crippen molar-refractivity contribution in [2.45, 2.75) is 76.7 Å². The number of fused-ring (bicyclic) bond motifs is 1. The normalized spacial score (nSPS) is 23.7. The number of hydrogen-bond acceptors (Lipinski definition) is 4. The van der Waals surface area contributed by atoms with E-state index in [0.717, 1.165) is 77.1 Å². The lowest BCUT2D eigenvalue weighted by Gasteiger charge is -2.35. The number of hydrogen-bond donors (Lipinski definition) is 0. The van der Waals surface area contributed by atoms with Crippen LogP contribution in [0.25, 0.3) is 0 Å². The molecule has 3 heterocycles. The van der Waals surface area contributed by atoms with Crippen LogP contribution < -0.4 is 4.74 Å². The van der Waals surface area contributed by atoms with Crippen LogP contribution in [0.2, 0.25) is 0 Å². The Bertz CT molecular complexity index is 732. The largest absolute Gasteiger partial charge is 0.494 e. The zero-order valence-electron chi connectivity index (χ0n) is 20.2. The summed E-state index contributed by atoms with van der Waals surface area (Å²) in [7, 11) is 2.11. The summed E-state index contributed by atoms with van der Waals surface area (Å²) < 4.78 is 6.12. The minimum absolute atomic E-state index is 0.0877. The molecule has 5 nitrogen and oxygen atoms in total. The first-order valence-electron chi connectivity index (χ1n) is 13.2. The second-order valence-electron chi connectivity index (χ2n) is 10.1. The summed E-state index contributed by atoms with van der Waals surface area (Å²) in [5.74, 6) is 1.36. The van der Waals surface area contributed by atoms with Gasteiger partial charge in [-0.25, -0.2) is 0 Å². The summed E-state index contributed by atoms with van der Waals surface area (Å²) in [5.41, 5.74) is 2.81. The second-order valence-corrected chi connectivity index (χ2v) is 10.1. The highest BCUT2D eigenvalue weighted by molar-refractivity contribution is 5.82. The first-order valence-corrected chi connectivity index (χ1v) is 13.2. The number of amides is 1. The zero-order chi connectivity index (χ0) is 22.2. The summed E-state index contributed by atoms with van der Waals surface area (Å²) in [6, 6.07) is 6.74. The molecule has 0 N–H and O–H groups in total. The van der Waals surface area contributed by atoms with E-state index in [2.05, 4.69) is 39.9 Å². The van der Waals surface area contributed by atoms with E-state index in [1.165, 1.54) is 56.3 Å². The number of nitrogens with zero attached hydrogens (tertiary/aromatic N) is 3. The molecule has 4 rings (SSSR count). The lowest BCUT2D eigenvalue weighted by Crippen LogP contribution is -2.50. The lowest BCUT2D eigenvalue weighted by molar-refractivity contribution is -0.137. The topological polar surface area (TPSA) is 36.0 Å². The minimum atomic E-state index is 0.0877. The van der Waals surface area contributed by atoms with Crippen LogP contribution in [-0.4, -0.2) is 79.6 Å². The Morgan fingerprint density at radius 3 is 2.56 bits per heavy atom. The molecular weight excluding hydrogens is 398 g/mol. The average molecular weight is 442 g/mol. The summed E-state index contributed by atoms with van der Waals surface area (Å²) in [5, 5.41) is 0. The molecule has 3 aliphatic rings. The molecule has 0 aliphatic carbocycles. The molecule has 0 bridgehead atoms. The maximum absolute atomic E-state index is 13.2. The van der Waals surface area contributed by atoms with Gasteiger partial charge < -0.3 is 14.5 Å². The van der Waals surface area contributed by atoms with E-state index >= 15 is 0 Å². The Labute approximate surface area is 195 Å². The van der Waals surface area contributed by atoms with Crippen molar-refractivity contribution in [3.05, 3.63) is 29.3 Å². The van der Waals surface area contributed by atoms with Crippen LogP contribution in [0, 0.1) is 0 Å². The van der Waals surface area contributed by atoms with Crippen LogP contribution in [0.15, 0.2) is 18.2 Å². The number of likely N-dealkylation sites (tertiary alicyclic amines) is 2. The van der Waals surface area contributed by atoms with Crippen LogP contribution in [0.1, 0.15) is 68.9 Å². The molecule has 5 heteroatoms. The van der Waals surface area contributed by atoms with Crippen molar-refractivity contribution in [3.8, 4) is 5.75 Å². The molecule has 1 aromatic rings. The number of benzene rings is 1. The molecule has 0 aromatic heterocycles. The predicted octanol–water partition coefficient (Wildman–Crippen LogP) is 4.13. The summed E-state index contributed by atoms with van der Waals surface area (Å²) in [6.45, 7) is 7.26. The van der Waals surface area contributed by atoms with Gasteiger partial charge in [-0.3, -0.25) is 9.69 Å². The SMILES string of the molecule is CN1CCCCC1C(=O)N1CCCCc2cc(OCCCN3CCCCC3)ccc2CC1. The van der Waals surface area contributed by atoms with Crippen LogP contribution in [0.3, 0.4) is 0 Å². The summed E-state index contributed by atoms with van der Waals surface area (Å²) in [6.07, 6.45) is 12.9. The first-order chi connectivity index (χ1) is 15.7. The molecule has 2 fully saturated rings. The minimum Gasteiger partial charge on any atom is -0.494 e. The standard InChI is InChI=1S/C27H43N3O2/c1-28-15-7-4-11-26(28)27(31)30-19-8-3-10-24-22-25(13-12-23(24)14-20-30)32-21-9-18-29-16-5-2-6-17-29/h12-13,22,26H,2-11,14-21H2,1H3.